The maximum Gasteiger partial charge on any atom is 0.292 e. The Morgan fingerprint density at radius 3 is 2.33 bits per heavy atom. The van der Waals surface area contributed by atoms with E-state index in [1.54, 1.807) is 41.3 Å². The Morgan fingerprint density at radius 1 is 0.944 bits per heavy atom. The van der Waals surface area contributed by atoms with Gasteiger partial charge in [-0.2, -0.15) is 0 Å². The third-order valence-electron chi connectivity index (χ3n) is 6.75. The van der Waals surface area contributed by atoms with Gasteiger partial charge in [0.2, 0.25) is 5.91 Å². The molecule has 1 aromatic heterocycles. The molecule has 3 amide bonds. The summed E-state index contributed by atoms with van der Waals surface area (Å²) in [5.41, 5.74) is 0.497. The summed E-state index contributed by atoms with van der Waals surface area (Å²) in [5.74, 6) is -0.675. The van der Waals surface area contributed by atoms with Gasteiger partial charge in [-0.05, 0) is 42.0 Å². The van der Waals surface area contributed by atoms with Crippen molar-refractivity contribution >= 4 is 29.3 Å². The second kappa shape index (κ2) is 10.2. The number of halogens is 1. The van der Waals surface area contributed by atoms with Gasteiger partial charge in [0.15, 0.2) is 5.76 Å². The van der Waals surface area contributed by atoms with Crippen molar-refractivity contribution in [3.8, 4) is 0 Å². The molecule has 5 rings (SSSR count). The average molecular weight is 508 g/mol. The second-order valence-electron chi connectivity index (χ2n) is 8.93. The summed E-state index contributed by atoms with van der Waals surface area (Å²) in [7, 11) is 0. The molecule has 2 fully saturated rings. The fourth-order valence-electron chi connectivity index (χ4n) is 4.82. The molecule has 36 heavy (non-hydrogen) atoms. The van der Waals surface area contributed by atoms with Crippen molar-refractivity contribution in [1.29, 1.82) is 0 Å². The van der Waals surface area contributed by atoms with E-state index in [1.807, 2.05) is 30.3 Å². The highest BCUT2D eigenvalue weighted by molar-refractivity contribution is 6.30. The van der Waals surface area contributed by atoms with E-state index >= 15 is 0 Å². The number of ether oxygens (including phenoxy) is 1. The van der Waals surface area contributed by atoms with Crippen LogP contribution in [-0.4, -0.2) is 59.0 Å². The molecule has 2 saturated heterocycles. The quantitative estimate of drug-likeness (QED) is 0.568. The van der Waals surface area contributed by atoms with E-state index in [1.165, 1.54) is 11.2 Å². The van der Waals surface area contributed by atoms with Crippen LogP contribution in [0.5, 0.6) is 0 Å². The van der Waals surface area contributed by atoms with Crippen molar-refractivity contribution in [3.05, 3.63) is 94.9 Å². The number of furan rings is 1. The molecule has 0 radical (unpaired) electrons. The Morgan fingerprint density at radius 2 is 1.67 bits per heavy atom. The predicted octanol–water partition coefficient (Wildman–Crippen LogP) is 3.72. The first-order valence-electron chi connectivity index (χ1n) is 11.8. The lowest BCUT2D eigenvalue weighted by Gasteiger charge is -2.44. The Bertz CT molecular complexity index is 1220. The van der Waals surface area contributed by atoms with E-state index in [0.29, 0.717) is 43.1 Å². The first-order chi connectivity index (χ1) is 17.5. The summed E-state index contributed by atoms with van der Waals surface area (Å²) in [6, 6.07) is 18.7. The first kappa shape index (κ1) is 24.1. The molecule has 2 aliphatic rings. The molecule has 0 saturated carbocycles. The molecule has 0 bridgehead atoms. The van der Waals surface area contributed by atoms with Crippen LogP contribution in [0.25, 0.3) is 0 Å². The molecule has 1 atom stereocenters. The second-order valence-corrected chi connectivity index (χ2v) is 9.36. The fraction of sp³-hybridized carbons (Fsp3) is 0.296. The zero-order valence-electron chi connectivity index (χ0n) is 19.6. The number of hydrogen-bond donors (Lipinski definition) is 1. The minimum Gasteiger partial charge on any atom is -0.459 e. The van der Waals surface area contributed by atoms with Crippen LogP contribution in [0.3, 0.4) is 0 Å². The lowest BCUT2D eigenvalue weighted by atomic mass is 9.96. The number of benzene rings is 2. The van der Waals surface area contributed by atoms with E-state index in [4.69, 9.17) is 20.8 Å². The molecule has 0 unspecified atom stereocenters. The Balaban J connectivity index is 1.33. The summed E-state index contributed by atoms with van der Waals surface area (Å²) in [6.07, 6.45) is 2.18. The van der Waals surface area contributed by atoms with Crippen LogP contribution in [0.2, 0.25) is 5.02 Å². The average Bonchev–Trinajstić information content (AvgIpc) is 3.57. The van der Waals surface area contributed by atoms with E-state index in [9.17, 15) is 14.4 Å². The van der Waals surface area contributed by atoms with Crippen LogP contribution >= 0.6 is 11.6 Å². The third-order valence-corrected chi connectivity index (χ3v) is 7.00. The molecular formula is C27H26ClN3O5. The lowest BCUT2D eigenvalue weighted by Crippen LogP contribution is -2.59. The van der Waals surface area contributed by atoms with E-state index < -0.39 is 17.7 Å². The summed E-state index contributed by atoms with van der Waals surface area (Å²) >= 11 is 5.95. The van der Waals surface area contributed by atoms with Crippen molar-refractivity contribution in [3.63, 3.8) is 0 Å². The molecule has 1 spiro atoms. The summed E-state index contributed by atoms with van der Waals surface area (Å²) in [5, 5.41) is 3.49. The molecule has 3 heterocycles. The van der Waals surface area contributed by atoms with E-state index in [2.05, 4.69) is 5.32 Å². The largest absolute Gasteiger partial charge is 0.459 e. The Kier molecular flexibility index (Phi) is 6.80. The monoisotopic (exact) mass is 507 g/mol. The highest BCUT2D eigenvalue weighted by Crippen LogP contribution is 2.39. The SMILES string of the molecule is O=C(NCc1ccccc1)[C@H]1COC2(CCN(C(=O)c3ccc(Cl)cc3)CC2)N1C(=O)c1ccco1. The number of nitrogens with zero attached hydrogens (tertiary/aromatic N) is 2. The number of amides is 3. The van der Waals surface area contributed by atoms with Gasteiger partial charge in [0.1, 0.15) is 11.8 Å². The molecule has 2 aromatic carbocycles. The summed E-state index contributed by atoms with van der Waals surface area (Å²) < 4.78 is 11.6. The standard InChI is InChI=1S/C27H26ClN3O5/c28-21-10-8-20(9-11-21)25(33)30-14-12-27(13-15-30)31(26(34)23-7-4-16-35-23)22(18-36-27)24(32)29-17-19-5-2-1-3-6-19/h1-11,16,22H,12-15,17-18H2,(H,29,32)/t22-/m1/s1. The van der Waals surface area contributed by atoms with Crippen LogP contribution in [0.1, 0.15) is 39.3 Å². The Hall–Kier alpha value is -3.62. The fourth-order valence-corrected chi connectivity index (χ4v) is 4.95. The van der Waals surface area contributed by atoms with Crippen molar-refractivity contribution in [2.24, 2.45) is 0 Å². The maximum absolute atomic E-state index is 13.5. The maximum atomic E-state index is 13.5. The molecule has 0 aliphatic carbocycles. The summed E-state index contributed by atoms with van der Waals surface area (Å²) in [6.45, 7) is 1.16. The van der Waals surface area contributed by atoms with Gasteiger partial charge in [-0.3, -0.25) is 19.3 Å². The van der Waals surface area contributed by atoms with Gasteiger partial charge in [-0.15, -0.1) is 0 Å². The van der Waals surface area contributed by atoms with Crippen LogP contribution in [-0.2, 0) is 16.1 Å². The highest BCUT2D eigenvalue weighted by Gasteiger charge is 2.54. The molecule has 186 valence electrons. The number of nitrogens with one attached hydrogen (secondary N) is 1. The minimum atomic E-state index is -1.00. The molecule has 2 aliphatic heterocycles. The molecule has 8 nitrogen and oxygen atoms in total. The van der Waals surface area contributed by atoms with E-state index in [-0.39, 0.29) is 24.2 Å². The molecule has 9 heteroatoms. The zero-order valence-corrected chi connectivity index (χ0v) is 20.3. The predicted molar refractivity (Wildman–Crippen MR) is 132 cm³/mol. The van der Waals surface area contributed by atoms with Crippen LogP contribution < -0.4 is 5.32 Å². The smallest absolute Gasteiger partial charge is 0.292 e. The lowest BCUT2D eigenvalue weighted by molar-refractivity contribution is -0.128. The van der Waals surface area contributed by atoms with Gasteiger partial charge >= 0.3 is 0 Å². The van der Waals surface area contributed by atoms with Gasteiger partial charge in [0.25, 0.3) is 11.8 Å². The van der Waals surface area contributed by atoms with Crippen LogP contribution in [0, 0.1) is 0 Å². The number of carbonyl (C=O) groups excluding carboxylic acids is 3. The highest BCUT2D eigenvalue weighted by atomic mass is 35.5. The van der Waals surface area contributed by atoms with Crippen molar-refractivity contribution < 1.29 is 23.5 Å². The van der Waals surface area contributed by atoms with Gasteiger partial charge in [-0.1, -0.05) is 41.9 Å². The molecule has 1 N–H and O–H groups in total. The van der Waals surface area contributed by atoms with Crippen molar-refractivity contribution in [2.45, 2.75) is 31.2 Å². The van der Waals surface area contributed by atoms with E-state index in [0.717, 1.165) is 5.56 Å². The van der Waals surface area contributed by atoms with Crippen molar-refractivity contribution in [2.75, 3.05) is 19.7 Å². The number of rotatable bonds is 5. The Labute approximate surface area is 213 Å². The normalized spacial score (nSPS) is 18.9. The van der Waals surface area contributed by atoms with Gasteiger partial charge in [-0.25, -0.2) is 0 Å². The number of carbonyl (C=O) groups is 3. The molecule has 3 aromatic rings. The summed E-state index contributed by atoms with van der Waals surface area (Å²) in [4.78, 5) is 43.0. The zero-order chi connectivity index (χ0) is 25.1. The van der Waals surface area contributed by atoms with Gasteiger partial charge in [0.05, 0.1) is 12.9 Å². The minimum absolute atomic E-state index is 0.0677. The number of piperidine rings is 1. The topological polar surface area (TPSA) is 92.1 Å². The van der Waals surface area contributed by atoms with Crippen molar-refractivity contribution in [1.82, 2.24) is 15.1 Å². The number of likely N-dealkylation sites (tertiary alicyclic amines) is 1. The first-order valence-corrected chi connectivity index (χ1v) is 12.2. The third kappa shape index (κ3) is 4.74. The van der Waals surface area contributed by atoms with Gasteiger partial charge < -0.3 is 19.4 Å². The van der Waals surface area contributed by atoms with Crippen LogP contribution in [0.4, 0.5) is 0 Å². The number of hydrogen-bond acceptors (Lipinski definition) is 5. The van der Waals surface area contributed by atoms with Crippen LogP contribution in [0.15, 0.2) is 77.4 Å². The van der Waals surface area contributed by atoms with Gasteiger partial charge in [0, 0.05) is 43.1 Å². The molecular weight excluding hydrogens is 482 g/mol.